The third kappa shape index (κ3) is 5.00. The van der Waals surface area contributed by atoms with E-state index in [1.807, 2.05) is 4.90 Å². The third-order valence-electron chi connectivity index (χ3n) is 6.67. The number of hydrogen-bond donors (Lipinski definition) is 1. The van der Waals surface area contributed by atoms with Crippen LogP contribution in [0.3, 0.4) is 0 Å². The molecule has 0 spiro atoms. The van der Waals surface area contributed by atoms with Gasteiger partial charge in [-0.15, -0.1) is 12.4 Å². The van der Waals surface area contributed by atoms with E-state index in [4.69, 9.17) is 0 Å². The fourth-order valence-corrected chi connectivity index (χ4v) is 6.20. The van der Waals surface area contributed by atoms with Crippen molar-refractivity contribution in [3.63, 3.8) is 0 Å². The van der Waals surface area contributed by atoms with Gasteiger partial charge in [0.25, 0.3) is 0 Å². The van der Waals surface area contributed by atoms with E-state index in [1.165, 1.54) is 31.9 Å². The van der Waals surface area contributed by atoms with Gasteiger partial charge in [0.15, 0.2) is 14.6 Å². The number of carbonyl (C=O) groups excluding carboxylic acids is 2. The van der Waals surface area contributed by atoms with Gasteiger partial charge in [0.2, 0.25) is 11.8 Å². The molecular formula is C19H34ClN3O4S. The van der Waals surface area contributed by atoms with E-state index in [2.05, 4.69) is 5.32 Å². The minimum absolute atomic E-state index is 0. The first-order chi connectivity index (χ1) is 12.8. The number of rotatable bonds is 5. The largest absolute Gasteiger partial charge is 0.339 e. The van der Waals surface area contributed by atoms with Crippen LogP contribution >= 0.6 is 12.4 Å². The quantitative estimate of drug-likeness (QED) is 0.701. The minimum atomic E-state index is -3.50. The fourth-order valence-electron chi connectivity index (χ4n) is 4.81. The topological polar surface area (TPSA) is 86.8 Å². The van der Waals surface area contributed by atoms with Gasteiger partial charge >= 0.3 is 0 Å². The summed E-state index contributed by atoms with van der Waals surface area (Å²) in [5.74, 6) is 0.601. The van der Waals surface area contributed by atoms with Crippen LogP contribution in [0.4, 0.5) is 0 Å². The molecule has 7 nitrogen and oxygen atoms in total. The summed E-state index contributed by atoms with van der Waals surface area (Å²) >= 11 is 0. The van der Waals surface area contributed by atoms with Crippen molar-refractivity contribution >= 4 is 34.1 Å². The third-order valence-corrected chi connectivity index (χ3v) is 8.67. The molecule has 3 fully saturated rings. The lowest BCUT2D eigenvalue weighted by molar-refractivity contribution is -0.141. The smallest absolute Gasteiger partial charge is 0.244 e. The van der Waals surface area contributed by atoms with Crippen molar-refractivity contribution in [3.8, 4) is 0 Å². The van der Waals surface area contributed by atoms with Crippen LogP contribution in [0.25, 0.3) is 0 Å². The van der Waals surface area contributed by atoms with E-state index >= 15 is 0 Å². The summed E-state index contributed by atoms with van der Waals surface area (Å²) in [4.78, 5) is 29.1. The lowest BCUT2D eigenvalue weighted by atomic mass is 9.94. The Kier molecular flexibility index (Phi) is 8.16. The molecule has 2 aliphatic heterocycles. The molecule has 0 aromatic carbocycles. The number of halogens is 1. The standard InChI is InChI=1S/C19H33N3O4S.ClH/c1-27(25,26)19(8-10-20-11-9-19)18(24)22-14-12-21(13-15-22)17(23)7-6-16-4-2-3-5-16;/h16,20H,2-15H2,1H3;1H. The lowest BCUT2D eigenvalue weighted by Gasteiger charge is -2.42. The monoisotopic (exact) mass is 435 g/mol. The zero-order valence-electron chi connectivity index (χ0n) is 16.8. The van der Waals surface area contributed by atoms with Crippen LogP contribution in [-0.2, 0) is 19.4 Å². The molecule has 1 saturated carbocycles. The Morgan fingerprint density at radius 2 is 1.54 bits per heavy atom. The molecule has 2 amide bonds. The van der Waals surface area contributed by atoms with Gasteiger partial charge in [-0.25, -0.2) is 8.42 Å². The van der Waals surface area contributed by atoms with Crippen molar-refractivity contribution in [2.24, 2.45) is 5.92 Å². The summed E-state index contributed by atoms with van der Waals surface area (Å²) in [6.07, 6.45) is 8.47. The maximum Gasteiger partial charge on any atom is 0.244 e. The van der Waals surface area contributed by atoms with Crippen molar-refractivity contribution < 1.29 is 18.0 Å². The summed E-state index contributed by atoms with van der Waals surface area (Å²) in [6.45, 7) is 2.95. The van der Waals surface area contributed by atoms with Gasteiger partial charge in [-0.3, -0.25) is 9.59 Å². The predicted molar refractivity (Wildman–Crippen MR) is 111 cm³/mol. The van der Waals surface area contributed by atoms with Crippen LogP contribution in [0.2, 0.25) is 0 Å². The minimum Gasteiger partial charge on any atom is -0.339 e. The first-order valence-corrected chi connectivity index (χ1v) is 12.2. The number of hydrogen-bond acceptors (Lipinski definition) is 5. The number of piperidine rings is 1. The molecule has 0 bridgehead atoms. The molecule has 0 unspecified atom stereocenters. The zero-order chi connectivity index (χ0) is 19.5. The molecule has 0 aromatic heterocycles. The van der Waals surface area contributed by atoms with Gasteiger partial charge in [0.1, 0.15) is 0 Å². The van der Waals surface area contributed by atoms with Gasteiger partial charge in [0, 0.05) is 38.9 Å². The lowest BCUT2D eigenvalue weighted by Crippen LogP contribution is -2.61. The number of nitrogens with one attached hydrogen (secondary N) is 1. The van der Waals surface area contributed by atoms with Crippen LogP contribution in [-0.4, -0.2) is 80.3 Å². The summed E-state index contributed by atoms with van der Waals surface area (Å²) in [5.41, 5.74) is 0. The first-order valence-electron chi connectivity index (χ1n) is 10.3. The number of piperazine rings is 1. The highest BCUT2D eigenvalue weighted by molar-refractivity contribution is 7.92. The molecule has 162 valence electrons. The Balaban J connectivity index is 0.00000280. The van der Waals surface area contributed by atoms with E-state index in [0.29, 0.717) is 64.4 Å². The highest BCUT2D eigenvalue weighted by Crippen LogP contribution is 2.31. The van der Waals surface area contributed by atoms with Crippen molar-refractivity contribution in [2.45, 2.75) is 56.1 Å². The van der Waals surface area contributed by atoms with Crippen LogP contribution < -0.4 is 5.32 Å². The summed E-state index contributed by atoms with van der Waals surface area (Å²) in [6, 6.07) is 0. The van der Waals surface area contributed by atoms with Crippen LogP contribution in [0.1, 0.15) is 51.4 Å². The highest BCUT2D eigenvalue weighted by Gasteiger charge is 2.50. The molecule has 28 heavy (non-hydrogen) atoms. The number of amides is 2. The van der Waals surface area contributed by atoms with E-state index < -0.39 is 14.6 Å². The highest BCUT2D eigenvalue weighted by atomic mass is 35.5. The van der Waals surface area contributed by atoms with Crippen LogP contribution in [0, 0.1) is 5.92 Å². The fraction of sp³-hybridized carbons (Fsp3) is 0.895. The molecule has 1 N–H and O–H groups in total. The Hall–Kier alpha value is -0.860. The summed E-state index contributed by atoms with van der Waals surface area (Å²) < 4.78 is 23.6. The molecule has 0 aromatic rings. The van der Waals surface area contributed by atoms with Gasteiger partial charge in [-0.05, 0) is 38.3 Å². The van der Waals surface area contributed by atoms with Gasteiger partial charge in [-0.2, -0.15) is 0 Å². The van der Waals surface area contributed by atoms with Crippen molar-refractivity contribution in [1.29, 1.82) is 0 Å². The molecule has 3 aliphatic rings. The van der Waals surface area contributed by atoms with Crippen LogP contribution in [0.15, 0.2) is 0 Å². The van der Waals surface area contributed by atoms with Crippen LogP contribution in [0.5, 0.6) is 0 Å². The van der Waals surface area contributed by atoms with Crippen molar-refractivity contribution in [2.75, 3.05) is 45.5 Å². The zero-order valence-corrected chi connectivity index (χ0v) is 18.5. The SMILES string of the molecule is CS(=O)(=O)C1(C(=O)N2CCN(C(=O)CCC3CCCC3)CC2)CCNCC1.Cl. The molecule has 1 aliphatic carbocycles. The summed E-state index contributed by atoms with van der Waals surface area (Å²) in [5, 5.41) is 3.14. The molecule has 2 heterocycles. The predicted octanol–water partition coefficient (Wildman–Crippen LogP) is 1.22. The van der Waals surface area contributed by atoms with E-state index in [1.54, 1.807) is 4.90 Å². The Morgan fingerprint density at radius 1 is 1.00 bits per heavy atom. The average Bonchev–Trinajstić information content (AvgIpc) is 3.19. The van der Waals surface area contributed by atoms with Gasteiger partial charge in [-0.1, -0.05) is 25.7 Å². The first kappa shape index (κ1) is 23.4. The maximum atomic E-state index is 13.1. The molecule has 0 atom stereocenters. The Morgan fingerprint density at radius 3 is 2.07 bits per heavy atom. The maximum absolute atomic E-state index is 13.1. The number of sulfone groups is 1. The van der Waals surface area contributed by atoms with Crippen molar-refractivity contribution in [1.82, 2.24) is 15.1 Å². The second-order valence-electron chi connectivity index (χ2n) is 8.38. The molecule has 0 radical (unpaired) electrons. The van der Waals surface area contributed by atoms with Crippen molar-refractivity contribution in [3.05, 3.63) is 0 Å². The molecule has 3 rings (SSSR count). The summed E-state index contributed by atoms with van der Waals surface area (Å²) in [7, 11) is -3.50. The van der Waals surface area contributed by atoms with Gasteiger partial charge in [0.05, 0.1) is 0 Å². The molecular weight excluding hydrogens is 402 g/mol. The number of carbonyl (C=O) groups is 2. The van der Waals surface area contributed by atoms with Gasteiger partial charge < -0.3 is 15.1 Å². The second-order valence-corrected chi connectivity index (χ2v) is 10.7. The Bertz CT molecular complexity index is 650. The van der Waals surface area contributed by atoms with E-state index in [-0.39, 0.29) is 24.2 Å². The average molecular weight is 436 g/mol. The second kappa shape index (κ2) is 9.76. The number of nitrogens with zero attached hydrogens (tertiary/aromatic N) is 2. The molecule has 9 heteroatoms. The molecule has 2 saturated heterocycles. The van der Waals surface area contributed by atoms with E-state index in [9.17, 15) is 18.0 Å². The van der Waals surface area contributed by atoms with E-state index in [0.717, 1.165) is 6.42 Å². The normalized spacial score (nSPS) is 23.3. The Labute approximate surface area is 174 Å².